The Labute approximate surface area is 55.7 Å². The second-order valence-corrected chi connectivity index (χ2v) is 2.00. The van der Waals surface area contributed by atoms with Crippen LogP contribution in [0.5, 0.6) is 0 Å². The quantitative estimate of drug-likeness (QED) is 0.435. The summed E-state index contributed by atoms with van der Waals surface area (Å²) < 4.78 is 4.99. The van der Waals surface area contributed by atoms with E-state index in [4.69, 9.17) is 15.9 Å². The molecule has 0 spiro atoms. The van der Waals surface area contributed by atoms with Gasteiger partial charge in [0.1, 0.15) is 0 Å². The van der Waals surface area contributed by atoms with E-state index in [1.54, 1.807) is 7.11 Å². The molecule has 0 aromatic carbocycles. The minimum Gasteiger partial charge on any atom is -0.388 e. The van der Waals surface area contributed by atoms with Crippen LogP contribution in [0.1, 0.15) is 19.8 Å². The van der Waals surface area contributed by atoms with E-state index in [9.17, 15) is 0 Å². The normalized spacial score (nSPS) is 13.1. The summed E-state index contributed by atoms with van der Waals surface area (Å²) >= 11 is 0. The Kier molecular flexibility index (Phi) is 4.05. The van der Waals surface area contributed by atoms with Crippen molar-refractivity contribution in [2.24, 2.45) is 5.73 Å². The van der Waals surface area contributed by atoms with Crippen LogP contribution in [0.15, 0.2) is 0 Å². The molecule has 1 atom stereocenters. The molecular formula is C6H14N2O. The van der Waals surface area contributed by atoms with E-state index >= 15 is 0 Å². The van der Waals surface area contributed by atoms with Crippen molar-refractivity contribution in [3.63, 3.8) is 0 Å². The predicted molar refractivity (Wildman–Crippen MR) is 37.6 cm³/mol. The van der Waals surface area contributed by atoms with Gasteiger partial charge in [-0.1, -0.05) is 6.92 Å². The zero-order valence-electron chi connectivity index (χ0n) is 5.98. The molecule has 0 aromatic rings. The molecule has 0 saturated carbocycles. The molecule has 0 fully saturated rings. The van der Waals surface area contributed by atoms with Gasteiger partial charge >= 0.3 is 0 Å². The molecule has 3 nitrogen and oxygen atoms in total. The Balaban J connectivity index is 3.43. The molecule has 3 heteroatoms. The Bertz CT molecular complexity index is 89.1. The zero-order valence-corrected chi connectivity index (χ0v) is 5.98. The van der Waals surface area contributed by atoms with E-state index in [-0.39, 0.29) is 11.9 Å². The van der Waals surface area contributed by atoms with Crippen LogP contribution in [-0.4, -0.2) is 19.0 Å². The Hall–Kier alpha value is -0.570. The number of rotatable bonds is 4. The Morgan fingerprint density at radius 1 is 1.78 bits per heavy atom. The van der Waals surface area contributed by atoms with Crippen LogP contribution in [0.2, 0.25) is 0 Å². The molecule has 1 unspecified atom stereocenters. The smallest absolute Gasteiger partial charge is 0.0931 e. The van der Waals surface area contributed by atoms with Gasteiger partial charge in [0.05, 0.1) is 11.9 Å². The minimum absolute atomic E-state index is 0.127. The molecule has 0 saturated heterocycles. The molecule has 0 aliphatic carbocycles. The SMILES string of the molecule is CCC(CC(=N)N)OC. The molecule has 9 heavy (non-hydrogen) atoms. The molecule has 54 valence electrons. The fraction of sp³-hybridized carbons (Fsp3) is 0.833. The highest BCUT2D eigenvalue weighted by Crippen LogP contribution is 1.99. The third-order valence-electron chi connectivity index (χ3n) is 1.24. The molecule has 0 amide bonds. The Morgan fingerprint density at radius 2 is 2.33 bits per heavy atom. The van der Waals surface area contributed by atoms with E-state index in [0.717, 1.165) is 6.42 Å². The lowest BCUT2D eigenvalue weighted by Gasteiger charge is -2.10. The zero-order chi connectivity index (χ0) is 7.28. The van der Waals surface area contributed by atoms with Crippen molar-refractivity contribution in [1.29, 1.82) is 5.41 Å². The topological polar surface area (TPSA) is 59.1 Å². The Morgan fingerprint density at radius 3 is 2.44 bits per heavy atom. The molecule has 0 bridgehead atoms. The largest absolute Gasteiger partial charge is 0.388 e. The van der Waals surface area contributed by atoms with Crippen molar-refractivity contribution in [3.8, 4) is 0 Å². The summed E-state index contributed by atoms with van der Waals surface area (Å²) in [6.45, 7) is 2.01. The molecule has 0 rings (SSSR count). The third-order valence-corrected chi connectivity index (χ3v) is 1.24. The van der Waals surface area contributed by atoms with Crippen molar-refractivity contribution < 1.29 is 4.74 Å². The first-order chi connectivity index (χ1) is 4.20. The molecule has 0 aliphatic heterocycles. The van der Waals surface area contributed by atoms with Crippen LogP contribution < -0.4 is 5.73 Å². The van der Waals surface area contributed by atoms with Gasteiger partial charge in [0.25, 0.3) is 0 Å². The fourth-order valence-corrected chi connectivity index (χ4v) is 0.640. The van der Waals surface area contributed by atoms with Crippen molar-refractivity contribution in [3.05, 3.63) is 0 Å². The van der Waals surface area contributed by atoms with E-state index in [1.807, 2.05) is 6.92 Å². The number of hydrogen-bond donors (Lipinski definition) is 2. The van der Waals surface area contributed by atoms with Crippen LogP contribution in [-0.2, 0) is 4.74 Å². The second kappa shape index (κ2) is 4.32. The minimum atomic E-state index is 0.127. The van der Waals surface area contributed by atoms with Gasteiger partial charge in [-0.05, 0) is 6.42 Å². The van der Waals surface area contributed by atoms with Crippen molar-refractivity contribution in [2.75, 3.05) is 7.11 Å². The lowest BCUT2D eigenvalue weighted by atomic mass is 10.2. The van der Waals surface area contributed by atoms with Gasteiger partial charge in [-0.3, -0.25) is 5.41 Å². The molecule has 0 aliphatic rings. The number of nitrogens with two attached hydrogens (primary N) is 1. The van der Waals surface area contributed by atoms with Gasteiger partial charge < -0.3 is 10.5 Å². The van der Waals surface area contributed by atoms with Gasteiger partial charge in [0.2, 0.25) is 0 Å². The average Bonchev–Trinajstić information content (AvgIpc) is 1.82. The maximum Gasteiger partial charge on any atom is 0.0931 e. The van der Waals surface area contributed by atoms with E-state index < -0.39 is 0 Å². The molecule has 0 radical (unpaired) electrons. The maximum atomic E-state index is 6.93. The van der Waals surface area contributed by atoms with Crippen molar-refractivity contribution >= 4 is 5.84 Å². The molecule has 0 aromatic heterocycles. The number of hydrogen-bond acceptors (Lipinski definition) is 2. The fourth-order valence-electron chi connectivity index (χ4n) is 0.640. The van der Waals surface area contributed by atoms with Crippen LogP contribution in [0.25, 0.3) is 0 Å². The highest BCUT2D eigenvalue weighted by Gasteiger charge is 2.03. The molecular weight excluding hydrogens is 116 g/mol. The van der Waals surface area contributed by atoms with Gasteiger partial charge in [-0.25, -0.2) is 0 Å². The summed E-state index contributed by atoms with van der Waals surface area (Å²) in [6, 6.07) is 0. The maximum absolute atomic E-state index is 6.93. The first kappa shape index (κ1) is 8.43. The van der Waals surface area contributed by atoms with Gasteiger partial charge in [-0.15, -0.1) is 0 Å². The highest BCUT2D eigenvalue weighted by atomic mass is 16.5. The summed E-state index contributed by atoms with van der Waals surface area (Å²) in [6.07, 6.45) is 1.59. The first-order valence-corrected chi connectivity index (χ1v) is 3.06. The van der Waals surface area contributed by atoms with E-state index in [1.165, 1.54) is 0 Å². The summed E-state index contributed by atoms with van der Waals surface area (Å²) in [5.74, 6) is 0.198. The summed E-state index contributed by atoms with van der Waals surface area (Å²) in [7, 11) is 1.64. The van der Waals surface area contributed by atoms with Gasteiger partial charge in [0, 0.05) is 13.5 Å². The lowest BCUT2D eigenvalue weighted by molar-refractivity contribution is 0.105. The number of nitrogens with one attached hydrogen (secondary N) is 1. The van der Waals surface area contributed by atoms with Gasteiger partial charge in [0.15, 0.2) is 0 Å². The average molecular weight is 130 g/mol. The van der Waals surface area contributed by atoms with Crippen LogP contribution in [0, 0.1) is 5.41 Å². The summed E-state index contributed by atoms with van der Waals surface area (Å²) in [4.78, 5) is 0. The van der Waals surface area contributed by atoms with E-state index in [2.05, 4.69) is 0 Å². The monoisotopic (exact) mass is 130 g/mol. The number of ether oxygens (including phenoxy) is 1. The third kappa shape index (κ3) is 3.97. The summed E-state index contributed by atoms with van der Waals surface area (Å²) in [5, 5.41) is 6.93. The standard InChI is InChI=1S/C6H14N2O/c1-3-5(9-2)4-6(7)8/h5H,3-4H2,1-2H3,(H3,7,8). The van der Waals surface area contributed by atoms with Crippen LogP contribution in [0.4, 0.5) is 0 Å². The van der Waals surface area contributed by atoms with E-state index in [0.29, 0.717) is 6.42 Å². The highest BCUT2D eigenvalue weighted by molar-refractivity contribution is 5.77. The first-order valence-electron chi connectivity index (χ1n) is 3.06. The lowest BCUT2D eigenvalue weighted by Crippen LogP contribution is -2.20. The predicted octanol–water partition coefficient (Wildman–Crippen LogP) is 0.737. The summed E-state index contributed by atoms with van der Waals surface area (Å²) in [5.41, 5.74) is 5.15. The second-order valence-electron chi connectivity index (χ2n) is 2.00. The number of methoxy groups -OCH3 is 1. The number of amidine groups is 1. The van der Waals surface area contributed by atoms with Crippen molar-refractivity contribution in [2.45, 2.75) is 25.9 Å². The van der Waals surface area contributed by atoms with Crippen molar-refractivity contribution in [1.82, 2.24) is 0 Å². The van der Waals surface area contributed by atoms with Crippen LogP contribution in [0.3, 0.4) is 0 Å². The van der Waals surface area contributed by atoms with Gasteiger partial charge in [-0.2, -0.15) is 0 Å². The molecule has 0 heterocycles. The van der Waals surface area contributed by atoms with Crippen LogP contribution >= 0.6 is 0 Å². The molecule has 3 N–H and O–H groups in total.